The van der Waals surface area contributed by atoms with Crippen LogP contribution in [-0.4, -0.2) is 56.4 Å². The molecule has 160 valence electrons. The van der Waals surface area contributed by atoms with E-state index >= 15 is 0 Å². The molecule has 30 heavy (non-hydrogen) atoms. The number of anilines is 2. The average Bonchev–Trinajstić information content (AvgIpc) is 2.73. The van der Waals surface area contributed by atoms with E-state index in [1.807, 2.05) is 9.80 Å². The van der Waals surface area contributed by atoms with Gasteiger partial charge in [0.05, 0.1) is 15.9 Å². The van der Waals surface area contributed by atoms with E-state index in [9.17, 15) is 23.3 Å². The summed E-state index contributed by atoms with van der Waals surface area (Å²) in [7, 11) is -3.79. The zero-order chi connectivity index (χ0) is 21.9. The summed E-state index contributed by atoms with van der Waals surface area (Å²) >= 11 is 0. The van der Waals surface area contributed by atoms with Gasteiger partial charge in [-0.15, -0.1) is 0 Å². The molecule has 11 heteroatoms. The number of sulfonamides is 1. The molecule has 0 aliphatic carbocycles. The number of rotatable bonds is 6. The summed E-state index contributed by atoms with van der Waals surface area (Å²) in [4.78, 5) is 27.4. The topological polar surface area (TPSA) is 139 Å². The average molecular weight is 433 g/mol. The van der Waals surface area contributed by atoms with Crippen molar-refractivity contribution in [2.45, 2.75) is 17.9 Å². The molecule has 2 aromatic carbocycles. The van der Waals surface area contributed by atoms with E-state index in [2.05, 4.69) is 5.32 Å². The summed E-state index contributed by atoms with van der Waals surface area (Å²) in [5.74, 6) is -0.225. The molecule has 1 saturated heterocycles. The van der Waals surface area contributed by atoms with Gasteiger partial charge in [-0.2, -0.15) is 0 Å². The van der Waals surface area contributed by atoms with Crippen LogP contribution in [0, 0.1) is 10.1 Å². The smallest absolute Gasteiger partial charge is 0.292 e. The highest BCUT2D eigenvalue weighted by Crippen LogP contribution is 2.28. The van der Waals surface area contributed by atoms with E-state index in [4.69, 9.17) is 5.14 Å². The number of benzene rings is 2. The van der Waals surface area contributed by atoms with Crippen LogP contribution < -0.4 is 15.4 Å². The van der Waals surface area contributed by atoms with Crippen LogP contribution in [0.1, 0.15) is 6.92 Å². The molecule has 3 rings (SSSR count). The van der Waals surface area contributed by atoms with Crippen molar-refractivity contribution in [3.63, 3.8) is 0 Å². The molecule has 0 radical (unpaired) electrons. The van der Waals surface area contributed by atoms with Gasteiger partial charge in [0, 0.05) is 37.9 Å². The zero-order valence-electron chi connectivity index (χ0n) is 16.4. The Bertz CT molecular complexity index is 1030. The van der Waals surface area contributed by atoms with Gasteiger partial charge in [-0.05, 0) is 37.3 Å². The van der Waals surface area contributed by atoms with Crippen LogP contribution in [0.5, 0.6) is 0 Å². The first-order chi connectivity index (χ1) is 14.2. The summed E-state index contributed by atoms with van der Waals surface area (Å²) in [6.07, 6.45) is 0. The first-order valence-corrected chi connectivity index (χ1v) is 10.9. The molecule has 1 atom stereocenters. The lowest BCUT2D eigenvalue weighted by molar-refractivity contribution is -0.384. The second-order valence-electron chi connectivity index (χ2n) is 7.00. The number of nitrogens with one attached hydrogen (secondary N) is 1. The Labute approximate surface area is 174 Å². The van der Waals surface area contributed by atoms with Gasteiger partial charge in [0.2, 0.25) is 15.9 Å². The summed E-state index contributed by atoms with van der Waals surface area (Å²) in [6.45, 7) is 4.06. The molecule has 0 saturated carbocycles. The third-order valence-electron chi connectivity index (χ3n) is 5.11. The standard InChI is InChI=1S/C19H23N5O5S/c1-14(19(25)21-15-6-8-16(9-7-15)30(20,28)29)22-10-12-23(13-11-22)17-4-2-3-5-18(17)24(26)27/h2-9,14H,10-13H2,1H3,(H,21,25)(H2,20,28,29). The van der Waals surface area contributed by atoms with E-state index in [1.54, 1.807) is 25.1 Å². The molecular formula is C19H23N5O5S. The molecule has 3 N–H and O–H groups in total. The maximum Gasteiger partial charge on any atom is 0.292 e. The molecule has 1 aliphatic rings. The number of piperazine rings is 1. The lowest BCUT2D eigenvalue weighted by atomic mass is 10.1. The van der Waals surface area contributed by atoms with Crippen molar-refractivity contribution in [2.75, 3.05) is 36.4 Å². The van der Waals surface area contributed by atoms with Crippen LogP contribution in [-0.2, 0) is 14.8 Å². The number of carbonyl (C=O) groups is 1. The number of para-hydroxylation sites is 2. The Morgan fingerprint density at radius 2 is 1.70 bits per heavy atom. The molecule has 1 amide bonds. The molecule has 1 unspecified atom stereocenters. The first-order valence-electron chi connectivity index (χ1n) is 9.33. The van der Waals surface area contributed by atoms with Crippen LogP contribution in [0.25, 0.3) is 0 Å². The molecule has 1 heterocycles. The third kappa shape index (κ3) is 4.93. The van der Waals surface area contributed by atoms with Crippen molar-refractivity contribution >= 4 is 33.0 Å². The highest BCUT2D eigenvalue weighted by molar-refractivity contribution is 7.89. The fourth-order valence-electron chi connectivity index (χ4n) is 3.38. The highest BCUT2D eigenvalue weighted by atomic mass is 32.2. The van der Waals surface area contributed by atoms with Crippen molar-refractivity contribution in [1.82, 2.24) is 4.90 Å². The molecule has 0 aromatic heterocycles. The van der Waals surface area contributed by atoms with Crippen LogP contribution in [0.4, 0.5) is 17.1 Å². The van der Waals surface area contributed by atoms with Gasteiger partial charge in [0.25, 0.3) is 5.69 Å². The molecule has 0 spiro atoms. The predicted octanol–water partition coefficient (Wildman–Crippen LogP) is 1.39. The Hall–Kier alpha value is -3.02. The van der Waals surface area contributed by atoms with Crippen molar-refractivity contribution in [3.05, 3.63) is 58.6 Å². The molecular weight excluding hydrogens is 410 g/mol. The Morgan fingerprint density at radius 3 is 2.27 bits per heavy atom. The first kappa shape index (κ1) is 21.7. The monoisotopic (exact) mass is 433 g/mol. The number of hydrogen-bond donors (Lipinski definition) is 2. The number of carbonyl (C=O) groups excluding carboxylic acids is 1. The van der Waals surface area contributed by atoms with Gasteiger partial charge < -0.3 is 10.2 Å². The number of hydrogen-bond acceptors (Lipinski definition) is 7. The third-order valence-corrected chi connectivity index (χ3v) is 6.04. The summed E-state index contributed by atoms with van der Waals surface area (Å²) < 4.78 is 22.6. The van der Waals surface area contributed by atoms with Gasteiger partial charge in [-0.3, -0.25) is 19.8 Å². The van der Waals surface area contributed by atoms with Crippen LogP contribution in [0.15, 0.2) is 53.4 Å². The minimum Gasteiger partial charge on any atom is -0.363 e. The normalized spacial score (nSPS) is 16.1. The lowest BCUT2D eigenvalue weighted by Crippen LogP contribution is -2.52. The van der Waals surface area contributed by atoms with E-state index in [-0.39, 0.29) is 21.4 Å². The van der Waals surface area contributed by atoms with E-state index in [0.29, 0.717) is 37.6 Å². The minimum absolute atomic E-state index is 0.0281. The van der Waals surface area contributed by atoms with Crippen molar-refractivity contribution in [3.8, 4) is 0 Å². The molecule has 2 aromatic rings. The minimum atomic E-state index is -3.79. The molecule has 1 fully saturated rings. The number of amides is 1. The Morgan fingerprint density at radius 1 is 1.10 bits per heavy atom. The fourth-order valence-corrected chi connectivity index (χ4v) is 3.89. The maximum absolute atomic E-state index is 12.6. The second kappa shape index (κ2) is 8.78. The molecule has 1 aliphatic heterocycles. The lowest BCUT2D eigenvalue weighted by Gasteiger charge is -2.38. The summed E-state index contributed by atoms with van der Waals surface area (Å²) in [5.41, 5.74) is 1.12. The SMILES string of the molecule is CC(C(=O)Nc1ccc(S(N)(=O)=O)cc1)N1CCN(c2ccccc2[N+](=O)[O-])CC1. The van der Waals surface area contributed by atoms with Crippen LogP contribution >= 0.6 is 0 Å². The van der Waals surface area contributed by atoms with Gasteiger partial charge in [-0.25, -0.2) is 13.6 Å². The number of nitro groups is 1. The molecule has 10 nitrogen and oxygen atoms in total. The van der Waals surface area contributed by atoms with E-state index in [0.717, 1.165) is 0 Å². The number of nitro benzene ring substituents is 1. The second-order valence-corrected chi connectivity index (χ2v) is 8.56. The largest absolute Gasteiger partial charge is 0.363 e. The quantitative estimate of drug-likeness (QED) is 0.518. The highest BCUT2D eigenvalue weighted by Gasteiger charge is 2.28. The van der Waals surface area contributed by atoms with Gasteiger partial charge in [-0.1, -0.05) is 12.1 Å². The summed E-state index contributed by atoms with van der Waals surface area (Å²) in [6, 6.07) is 11.8. The number of nitrogens with two attached hydrogens (primary N) is 1. The maximum atomic E-state index is 12.6. The van der Waals surface area contributed by atoms with Crippen LogP contribution in [0.3, 0.4) is 0 Å². The predicted molar refractivity (Wildman–Crippen MR) is 113 cm³/mol. The zero-order valence-corrected chi connectivity index (χ0v) is 17.2. The Balaban J connectivity index is 1.59. The van der Waals surface area contributed by atoms with Crippen molar-refractivity contribution in [1.29, 1.82) is 0 Å². The summed E-state index contributed by atoms with van der Waals surface area (Å²) in [5, 5.41) is 19.1. The Kier molecular flexibility index (Phi) is 6.34. The van der Waals surface area contributed by atoms with Crippen molar-refractivity contribution in [2.24, 2.45) is 5.14 Å². The number of nitrogens with zero attached hydrogens (tertiary/aromatic N) is 3. The van der Waals surface area contributed by atoms with Gasteiger partial charge in [0.1, 0.15) is 5.69 Å². The van der Waals surface area contributed by atoms with Crippen LogP contribution in [0.2, 0.25) is 0 Å². The van der Waals surface area contributed by atoms with Gasteiger partial charge >= 0.3 is 0 Å². The van der Waals surface area contributed by atoms with E-state index < -0.39 is 16.1 Å². The van der Waals surface area contributed by atoms with Gasteiger partial charge in [0.15, 0.2) is 0 Å². The van der Waals surface area contributed by atoms with E-state index in [1.165, 1.54) is 30.3 Å². The molecule has 0 bridgehead atoms. The van der Waals surface area contributed by atoms with Crippen molar-refractivity contribution < 1.29 is 18.1 Å². The number of primary sulfonamides is 1. The fraction of sp³-hybridized carbons (Fsp3) is 0.316.